The van der Waals surface area contributed by atoms with Gasteiger partial charge in [0, 0.05) is 0 Å². The maximum atomic E-state index is 10.1. The third-order valence-corrected chi connectivity index (χ3v) is 1.44. The van der Waals surface area contributed by atoms with Gasteiger partial charge in [-0.2, -0.15) is 0 Å². The molecule has 1 heterocycles. The molecule has 0 saturated carbocycles. The molecule has 10 heavy (non-hydrogen) atoms. The Labute approximate surface area is 56.9 Å². The van der Waals surface area contributed by atoms with E-state index in [2.05, 4.69) is 4.74 Å². The first kappa shape index (κ1) is 7.46. The quantitative estimate of drug-likeness (QED) is 0.429. The molecular weight excluding hydrogens is 140 g/mol. The zero-order chi connectivity index (χ0) is 7.72. The molecule has 0 aliphatic carbocycles. The van der Waals surface area contributed by atoms with Gasteiger partial charge in [-0.25, -0.2) is 4.79 Å². The number of rotatable bonds is 2. The van der Waals surface area contributed by atoms with Crippen molar-refractivity contribution < 1.29 is 24.9 Å². The number of hydrogen-bond donors (Lipinski definition) is 3. The first-order valence-electron chi connectivity index (χ1n) is 2.84. The van der Waals surface area contributed by atoms with E-state index in [4.69, 9.17) is 15.3 Å². The lowest BCUT2D eigenvalue weighted by atomic mass is 10.0. The van der Waals surface area contributed by atoms with Gasteiger partial charge in [-0.3, -0.25) is 0 Å². The van der Waals surface area contributed by atoms with Gasteiger partial charge in [0.25, 0.3) is 0 Å². The summed E-state index contributed by atoms with van der Waals surface area (Å²) in [6.07, 6.45) is -2.94. The zero-order valence-electron chi connectivity index (χ0n) is 5.10. The highest BCUT2D eigenvalue weighted by molar-refractivity contribution is 5.74. The van der Waals surface area contributed by atoms with Gasteiger partial charge in [0.1, 0.15) is 12.2 Å². The monoisotopic (exact) mass is 148 g/mol. The van der Waals surface area contributed by atoms with Crippen molar-refractivity contribution in [3.8, 4) is 0 Å². The van der Waals surface area contributed by atoms with Gasteiger partial charge in [-0.05, 0) is 0 Å². The lowest BCUT2D eigenvalue weighted by Crippen LogP contribution is -2.58. The maximum absolute atomic E-state index is 10.1. The number of aliphatic carboxylic acids is 1. The maximum Gasteiger partial charge on any atom is 0.335 e. The SMILES string of the molecule is O=C(O)C1O[C@@H](CO)C1O. The number of carboxylic acids is 1. The Kier molecular flexibility index (Phi) is 1.89. The van der Waals surface area contributed by atoms with Crippen molar-refractivity contribution in [1.29, 1.82) is 0 Å². The van der Waals surface area contributed by atoms with E-state index in [1.807, 2.05) is 0 Å². The lowest BCUT2D eigenvalue weighted by Gasteiger charge is -2.37. The largest absolute Gasteiger partial charge is 0.479 e. The van der Waals surface area contributed by atoms with Crippen LogP contribution in [0.15, 0.2) is 0 Å². The molecule has 1 saturated heterocycles. The number of aliphatic hydroxyl groups is 2. The molecule has 2 unspecified atom stereocenters. The third kappa shape index (κ3) is 0.985. The molecule has 3 atom stereocenters. The molecule has 5 nitrogen and oxygen atoms in total. The molecule has 1 aliphatic heterocycles. The summed E-state index contributed by atoms with van der Waals surface area (Å²) in [4.78, 5) is 10.1. The minimum Gasteiger partial charge on any atom is -0.479 e. The van der Waals surface area contributed by atoms with Crippen LogP contribution in [0.1, 0.15) is 0 Å². The van der Waals surface area contributed by atoms with Crippen LogP contribution < -0.4 is 0 Å². The van der Waals surface area contributed by atoms with Crippen LogP contribution >= 0.6 is 0 Å². The lowest BCUT2D eigenvalue weighted by molar-refractivity contribution is -0.237. The Morgan fingerprint density at radius 1 is 1.60 bits per heavy atom. The third-order valence-electron chi connectivity index (χ3n) is 1.44. The molecule has 0 aromatic rings. The van der Waals surface area contributed by atoms with Crippen molar-refractivity contribution in [3.63, 3.8) is 0 Å². The highest BCUT2D eigenvalue weighted by Gasteiger charge is 2.45. The predicted molar refractivity (Wildman–Crippen MR) is 29.4 cm³/mol. The van der Waals surface area contributed by atoms with E-state index in [0.29, 0.717) is 0 Å². The second-order valence-corrected chi connectivity index (χ2v) is 2.11. The molecule has 58 valence electrons. The predicted octanol–water partition coefficient (Wildman–Crippen LogP) is -1.81. The summed E-state index contributed by atoms with van der Waals surface area (Å²) in [7, 11) is 0. The van der Waals surface area contributed by atoms with Crippen LogP contribution in [0.5, 0.6) is 0 Å². The van der Waals surface area contributed by atoms with Crippen molar-refractivity contribution in [2.75, 3.05) is 6.61 Å². The van der Waals surface area contributed by atoms with E-state index < -0.39 is 24.3 Å². The van der Waals surface area contributed by atoms with Crippen molar-refractivity contribution in [2.24, 2.45) is 0 Å². The van der Waals surface area contributed by atoms with Gasteiger partial charge in [0.15, 0.2) is 6.10 Å². The fourth-order valence-electron chi connectivity index (χ4n) is 0.810. The Balaban J connectivity index is 2.39. The molecular formula is C5H8O5. The average Bonchev–Trinajstić information content (AvgIpc) is 1.85. The van der Waals surface area contributed by atoms with Crippen molar-refractivity contribution in [3.05, 3.63) is 0 Å². The van der Waals surface area contributed by atoms with E-state index in [1.165, 1.54) is 0 Å². The summed E-state index contributed by atoms with van der Waals surface area (Å²) in [5, 5.41) is 25.5. The molecule has 5 heteroatoms. The normalized spacial score (nSPS) is 38.8. The molecule has 0 aromatic heterocycles. The summed E-state index contributed by atoms with van der Waals surface area (Å²) in [5.41, 5.74) is 0. The molecule has 1 aliphatic rings. The second kappa shape index (κ2) is 2.53. The molecule has 0 radical (unpaired) electrons. The summed E-state index contributed by atoms with van der Waals surface area (Å²) in [6, 6.07) is 0. The number of hydrogen-bond acceptors (Lipinski definition) is 4. The van der Waals surface area contributed by atoms with Gasteiger partial charge in [0.05, 0.1) is 6.61 Å². The molecule has 0 amide bonds. The molecule has 0 bridgehead atoms. The first-order chi connectivity index (χ1) is 4.66. The highest BCUT2D eigenvalue weighted by Crippen LogP contribution is 2.20. The van der Waals surface area contributed by atoms with Crippen molar-refractivity contribution in [2.45, 2.75) is 18.3 Å². The van der Waals surface area contributed by atoms with E-state index in [1.54, 1.807) is 0 Å². The van der Waals surface area contributed by atoms with E-state index in [-0.39, 0.29) is 6.61 Å². The number of ether oxygens (including phenoxy) is 1. The van der Waals surface area contributed by atoms with Crippen LogP contribution in [0, 0.1) is 0 Å². The van der Waals surface area contributed by atoms with Crippen LogP contribution in [0.25, 0.3) is 0 Å². The molecule has 3 N–H and O–H groups in total. The van der Waals surface area contributed by atoms with Gasteiger partial charge in [-0.15, -0.1) is 0 Å². The summed E-state index contributed by atoms with van der Waals surface area (Å²) in [6.45, 7) is -0.342. The van der Waals surface area contributed by atoms with Crippen LogP contribution in [0.3, 0.4) is 0 Å². The fraction of sp³-hybridized carbons (Fsp3) is 0.800. The van der Waals surface area contributed by atoms with Crippen molar-refractivity contribution in [1.82, 2.24) is 0 Å². The van der Waals surface area contributed by atoms with Crippen LogP contribution in [0.2, 0.25) is 0 Å². The Hall–Kier alpha value is -0.650. The topological polar surface area (TPSA) is 87.0 Å². The smallest absolute Gasteiger partial charge is 0.335 e. The van der Waals surface area contributed by atoms with Crippen LogP contribution in [-0.4, -0.2) is 46.2 Å². The number of aliphatic hydroxyl groups excluding tert-OH is 2. The Morgan fingerprint density at radius 3 is 2.50 bits per heavy atom. The molecule has 1 fully saturated rings. The fourth-order valence-corrected chi connectivity index (χ4v) is 0.810. The second-order valence-electron chi connectivity index (χ2n) is 2.11. The van der Waals surface area contributed by atoms with Crippen molar-refractivity contribution >= 4 is 5.97 Å². The Morgan fingerprint density at radius 2 is 2.20 bits per heavy atom. The molecule has 0 spiro atoms. The first-order valence-corrected chi connectivity index (χ1v) is 2.84. The van der Waals surface area contributed by atoms with Gasteiger partial charge in [0.2, 0.25) is 0 Å². The number of carboxylic acid groups (broad SMARTS) is 1. The minimum absolute atomic E-state index is 0.342. The summed E-state index contributed by atoms with van der Waals surface area (Å²) >= 11 is 0. The van der Waals surface area contributed by atoms with Gasteiger partial charge < -0.3 is 20.1 Å². The van der Waals surface area contributed by atoms with Gasteiger partial charge >= 0.3 is 5.97 Å². The summed E-state index contributed by atoms with van der Waals surface area (Å²) < 4.78 is 4.56. The minimum atomic E-state index is -1.20. The molecule has 1 rings (SSSR count). The van der Waals surface area contributed by atoms with E-state index in [0.717, 1.165) is 0 Å². The highest BCUT2D eigenvalue weighted by atomic mass is 16.6. The van der Waals surface area contributed by atoms with Gasteiger partial charge in [-0.1, -0.05) is 0 Å². The Bertz CT molecular complexity index is 145. The molecule has 0 aromatic carbocycles. The average molecular weight is 148 g/mol. The number of carbonyl (C=O) groups is 1. The van der Waals surface area contributed by atoms with E-state index in [9.17, 15) is 4.79 Å². The van der Waals surface area contributed by atoms with Crippen LogP contribution in [0.4, 0.5) is 0 Å². The van der Waals surface area contributed by atoms with E-state index >= 15 is 0 Å². The zero-order valence-corrected chi connectivity index (χ0v) is 5.10. The standard InChI is InChI=1S/C5H8O5/c6-1-2-3(7)4(10-2)5(8)9/h2-4,6-7H,1H2,(H,8,9)/t2-,3?,4?/m0/s1. The van der Waals surface area contributed by atoms with Crippen LogP contribution in [-0.2, 0) is 9.53 Å². The summed E-state index contributed by atoms with van der Waals surface area (Å²) in [5.74, 6) is -1.20.